The molecule has 0 aromatic heterocycles. The average Bonchev–Trinajstić information content (AvgIpc) is 2.35. The zero-order valence-corrected chi connectivity index (χ0v) is 10.8. The van der Waals surface area contributed by atoms with Gasteiger partial charge in [-0.05, 0) is 0 Å². The van der Waals surface area contributed by atoms with Crippen LogP contribution < -0.4 is 10.6 Å². The van der Waals surface area contributed by atoms with E-state index in [1.165, 1.54) is 0 Å². The van der Waals surface area contributed by atoms with Crippen molar-refractivity contribution in [3.63, 3.8) is 0 Å². The zero-order valence-electron chi connectivity index (χ0n) is 10.8. The van der Waals surface area contributed by atoms with Crippen LogP contribution in [0.5, 0.6) is 0 Å². The van der Waals surface area contributed by atoms with Gasteiger partial charge in [0.25, 0.3) is 0 Å². The summed E-state index contributed by atoms with van der Waals surface area (Å²) >= 11 is 0. The van der Waals surface area contributed by atoms with Crippen molar-refractivity contribution >= 4 is 5.91 Å². The first-order valence-electron chi connectivity index (χ1n) is 6.31. The lowest BCUT2D eigenvalue weighted by Crippen LogP contribution is -2.46. The van der Waals surface area contributed by atoms with Crippen LogP contribution in [0, 0.1) is 0 Å². The highest BCUT2D eigenvalue weighted by atomic mass is 19.4. The van der Waals surface area contributed by atoms with E-state index < -0.39 is 12.8 Å². The van der Waals surface area contributed by atoms with Gasteiger partial charge in [0.2, 0.25) is 5.91 Å². The van der Waals surface area contributed by atoms with Gasteiger partial charge >= 0.3 is 6.18 Å². The monoisotopic (exact) mass is 283 g/mol. The molecule has 0 aliphatic carbocycles. The Labute approximate surface area is 110 Å². The molecule has 8 heteroatoms. The molecule has 0 radical (unpaired) electrons. The Kier molecular flexibility index (Phi) is 7.11. The molecule has 0 bridgehead atoms. The molecule has 19 heavy (non-hydrogen) atoms. The van der Waals surface area contributed by atoms with E-state index in [9.17, 15) is 18.0 Å². The normalized spacial score (nSPS) is 17.4. The third-order valence-corrected chi connectivity index (χ3v) is 2.70. The number of halogens is 3. The molecule has 1 aliphatic heterocycles. The van der Waals surface area contributed by atoms with Gasteiger partial charge in [-0.15, -0.1) is 0 Å². The van der Waals surface area contributed by atoms with Crippen LogP contribution >= 0.6 is 0 Å². The van der Waals surface area contributed by atoms with Crippen LogP contribution in [-0.4, -0.2) is 69.5 Å². The summed E-state index contributed by atoms with van der Waals surface area (Å²) in [4.78, 5) is 13.5. The lowest BCUT2D eigenvalue weighted by Gasteiger charge is -2.27. The van der Waals surface area contributed by atoms with E-state index in [1.807, 2.05) is 0 Å². The van der Waals surface area contributed by atoms with Gasteiger partial charge in [-0.2, -0.15) is 13.2 Å². The molecule has 0 atom stereocenters. The molecule has 5 nitrogen and oxygen atoms in total. The molecule has 0 saturated carbocycles. The molecule has 0 aromatic rings. The first kappa shape index (κ1) is 16.2. The number of carbonyl (C=O) groups is 1. The third kappa shape index (κ3) is 8.79. The SMILES string of the molecule is O=C(CCOCC(F)(F)F)NCCN1CCNCC1. The number of piperazine rings is 1. The molecule has 1 heterocycles. The first-order valence-corrected chi connectivity index (χ1v) is 6.31. The molecule has 1 rings (SSSR count). The topological polar surface area (TPSA) is 53.6 Å². The maximum absolute atomic E-state index is 11.8. The van der Waals surface area contributed by atoms with Crippen LogP contribution in [0.4, 0.5) is 13.2 Å². The summed E-state index contributed by atoms with van der Waals surface area (Å²) in [6.45, 7) is 3.54. The van der Waals surface area contributed by atoms with Crippen LogP contribution in [-0.2, 0) is 9.53 Å². The number of carbonyl (C=O) groups excluding carboxylic acids is 1. The van der Waals surface area contributed by atoms with E-state index in [0.717, 1.165) is 32.7 Å². The second-order valence-electron chi connectivity index (χ2n) is 4.36. The standard InChI is InChI=1S/C11H20F3N3O2/c12-11(13,14)9-19-8-1-10(18)16-4-7-17-5-2-15-3-6-17/h15H,1-9H2,(H,16,18). The van der Waals surface area contributed by atoms with Gasteiger partial charge < -0.3 is 15.4 Å². The van der Waals surface area contributed by atoms with Crippen LogP contribution in [0.25, 0.3) is 0 Å². The number of rotatable bonds is 7. The van der Waals surface area contributed by atoms with E-state index >= 15 is 0 Å². The number of hydrogen-bond acceptors (Lipinski definition) is 4. The Bertz CT molecular complexity index is 268. The maximum Gasteiger partial charge on any atom is 0.411 e. The van der Waals surface area contributed by atoms with Crippen molar-refractivity contribution in [2.75, 3.05) is 52.5 Å². The summed E-state index contributed by atoms with van der Waals surface area (Å²) in [6.07, 6.45) is -4.38. The van der Waals surface area contributed by atoms with Crippen LogP contribution in [0.2, 0.25) is 0 Å². The second-order valence-corrected chi connectivity index (χ2v) is 4.36. The Morgan fingerprint density at radius 1 is 1.32 bits per heavy atom. The van der Waals surface area contributed by atoms with Crippen molar-refractivity contribution < 1.29 is 22.7 Å². The molecule has 112 valence electrons. The maximum atomic E-state index is 11.8. The second kappa shape index (κ2) is 8.34. The van der Waals surface area contributed by atoms with Gasteiger partial charge in [-0.25, -0.2) is 0 Å². The molecule has 2 N–H and O–H groups in total. The summed E-state index contributed by atoms with van der Waals surface area (Å²) in [6, 6.07) is 0. The minimum atomic E-state index is -4.33. The quantitative estimate of drug-likeness (QED) is 0.645. The van der Waals surface area contributed by atoms with E-state index in [1.54, 1.807) is 0 Å². The first-order chi connectivity index (χ1) is 8.97. The van der Waals surface area contributed by atoms with Crippen molar-refractivity contribution in [2.45, 2.75) is 12.6 Å². The lowest BCUT2D eigenvalue weighted by atomic mass is 10.3. The number of hydrogen-bond donors (Lipinski definition) is 2. The van der Waals surface area contributed by atoms with Gasteiger partial charge in [-0.1, -0.05) is 0 Å². The predicted octanol–water partition coefficient (Wildman–Crippen LogP) is -0.0232. The van der Waals surface area contributed by atoms with Crippen molar-refractivity contribution in [3.05, 3.63) is 0 Å². The van der Waals surface area contributed by atoms with E-state index in [0.29, 0.717) is 6.54 Å². The number of alkyl halides is 3. The van der Waals surface area contributed by atoms with Crippen molar-refractivity contribution in [1.82, 2.24) is 15.5 Å². The van der Waals surface area contributed by atoms with Crippen molar-refractivity contribution in [3.8, 4) is 0 Å². The largest absolute Gasteiger partial charge is 0.411 e. The third-order valence-electron chi connectivity index (χ3n) is 2.70. The smallest absolute Gasteiger partial charge is 0.372 e. The summed E-state index contributed by atoms with van der Waals surface area (Å²) in [5.74, 6) is -0.280. The average molecular weight is 283 g/mol. The van der Waals surface area contributed by atoms with Gasteiger partial charge in [-0.3, -0.25) is 9.69 Å². The molecule has 1 aliphatic rings. The fourth-order valence-electron chi connectivity index (χ4n) is 1.73. The van der Waals surface area contributed by atoms with Gasteiger partial charge in [0.05, 0.1) is 6.61 Å². The van der Waals surface area contributed by atoms with E-state index in [-0.39, 0.29) is 18.9 Å². The molecule has 1 fully saturated rings. The van der Waals surface area contributed by atoms with Gasteiger partial charge in [0.1, 0.15) is 6.61 Å². The van der Waals surface area contributed by atoms with E-state index in [4.69, 9.17) is 0 Å². The van der Waals surface area contributed by atoms with Crippen molar-refractivity contribution in [1.29, 1.82) is 0 Å². The van der Waals surface area contributed by atoms with Gasteiger partial charge in [0.15, 0.2) is 0 Å². The van der Waals surface area contributed by atoms with Crippen LogP contribution in [0.15, 0.2) is 0 Å². The molecular weight excluding hydrogens is 263 g/mol. The number of nitrogens with zero attached hydrogens (tertiary/aromatic N) is 1. The number of ether oxygens (including phenoxy) is 1. The Morgan fingerprint density at radius 2 is 2.00 bits per heavy atom. The summed E-state index contributed by atoms with van der Waals surface area (Å²) < 4.78 is 39.6. The molecule has 0 spiro atoms. The molecule has 0 aromatic carbocycles. The fraction of sp³-hybridized carbons (Fsp3) is 0.909. The highest BCUT2D eigenvalue weighted by Gasteiger charge is 2.27. The molecule has 0 unspecified atom stereocenters. The minimum Gasteiger partial charge on any atom is -0.372 e. The van der Waals surface area contributed by atoms with Crippen LogP contribution in [0.1, 0.15) is 6.42 Å². The summed E-state index contributed by atoms with van der Waals surface area (Å²) in [5.41, 5.74) is 0. The number of nitrogens with one attached hydrogen (secondary N) is 2. The molecule has 1 saturated heterocycles. The Morgan fingerprint density at radius 3 is 2.63 bits per heavy atom. The highest BCUT2D eigenvalue weighted by Crippen LogP contribution is 2.14. The Balaban J connectivity index is 1.95. The van der Waals surface area contributed by atoms with Crippen LogP contribution in [0.3, 0.4) is 0 Å². The number of amides is 1. The summed E-state index contributed by atoms with van der Waals surface area (Å²) in [5, 5.41) is 5.89. The molecular formula is C11H20F3N3O2. The highest BCUT2D eigenvalue weighted by molar-refractivity contribution is 5.75. The van der Waals surface area contributed by atoms with Crippen molar-refractivity contribution in [2.24, 2.45) is 0 Å². The van der Waals surface area contributed by atoms with Gasteiger partial charge in [0, 0.05) is 45.7 Å². The lowest BCUT2D eigenvalue weighted by molar-refractivity contribution is -0.174. The Hall–Kier alpha value is -0.860. The summed E-state index contributed by atoms with van der Waals surface area (Å²) in [7, 11) is 0. The zero-order chi connectivity index (χ0) is 14.1. The van der Waals surface area contributed by atoms with E-state index in [2.05, 4.69) is 20.3 Å². The minimum absolute atomic E-state index is 0.0440. The predicted molar refractivity (Wildman–Crippen MR) is 63.8 cm³/mol. The molecule has 1 amide bonds. The fourth-order valence-corrected chi connectivity index (χ4v) is 1.73.